The van der Waals surface area contributed by atoms with Crippen LogP contribution >= 0.6 is 11.6 Å². The van der Waals surface area contributed by atoms with Crippen molar-refractivity contribution in [2.75, 3.05) is 11.1 Å². The molecule has 104 valence electrons. The van der Waals surface area contributed by atoms with Crippen molar-refractivity contribution in [3.63, 3.8) is 0 Å². The van der Waals surface area contributed by atoms with Crippen LogP contribution in [0.15, 0.2) is 54.6 Å². The maximum atomic E-state index is 5.88. The average Bonchev–Trinajstić information content (AvgIpc) is 2.51. The van der Waals surface area contributed by atoms with E-state index in [4.69, 9.17) is 17.3 Å². The van der Waals surface area contributed by atoms with Crippen LogP contribution in [0.4, 0.5) is 17.5 Å². The van der Waals surface area contributed by atoms with Crippen LogP contribution in [0.5, 0.6) is 0 Å². The molecule has 0 aliphatic heterocycles. The Kier molecular flexibility index (Phi) is 3.66. The lowest BCUT2D eigenvalue weighted by molar-refractivity contribution is 0.996. The number of nitrogens with zero attached hydrogens (tertiary/aromatic N) is 3. The second-order valence-electron chi connectivity index (χ2n) is 4.37. The minimum absolute atomic E-state index is 0.117. The first-order chi connectivity index (χ1) is 10.2. The number of nitrogens with one attached hydrogen (secondary N) is 1. The van der Waals surface area contributed by atoms with Crippen molar-refractivity contribution in [2.45, 2.75) is 0 Å². The van der Waals surface area contributed by atoms with Crippen molar-refractivity contribution in [1.29, 1.82) is 0 Å². The Morgan fingerprint density at radius 2 is 1.62 bits per heavy atom. The summed E-state index contributed by atoms with van der Waals surface area (Å²) >= 11 is 5.88. The third-order valence-electron chi connectivity index (χ3n) is 2.86. The van der Waals surface area contributed by atoms with Crippen LogP contribution in [0, 0.1) is 0 Å². The molecule has 3 aromatic rings. The minimum atomic E-state index is 0.117. The van der Waals surface area contributed by atoms with Crippen molar-refractivity contribution in [2.24, 2.45) is 0 Å². The van der Waals surface area contributed by atoms with Crippen LogP contribution in [-0.2, 0) is 0 Å². The first kappa shape index (κ1) is 13.3. The number of nitrogens with two attached hydrogens (primary N) is 1. The molecule has 0 saturated carbocycles. The van der Waals surface area contributed by atoms with Crippen molar-refractivity contribution in [1.82, 2.24) is 15.2 Å². The summed E-state index contributed by atoms with van der Waals surface area (Å²) < 4.78 is 0. The van der Waals surface area contributed by atoms with Crippen LogP contribution in [0.2, 0.25) is 5.02 Å². The summed E-state index contributed by atoms with van der Waals surface area (Å²) in [7, 11) is 0. The van der Waals surface area contributed by atoms with Gasteiger partial charge in [0.05, 0.1) is 0 Å². The predicted molar refractivity (Wildman–Crippen MR) is 84.4 cm³/mol. The zero-order valence-corrected chi connectivity index (χ0v) is 11.7. The summed E-state index contributed by atoms with van der Waals surface area (Å²) in [6.45, 7) is 0. The molecule has 1 aromatic heterocycles. The molecule has 6 heteroatoms. The van der Waals surface area contributed by atoms with Gasteiger partial charge in [-0.05, 0) is 24.3 Å². The first-order valence-electron chi connectivity index (χ1n) is 6.30. The van der Waals surface area contributed by atoms with Crippen molar-refractivity contribution in [3.8, 4) is 11.3 Å². The van der Waals surface area contributed by atoms with E-state index in [1.165, 1.54) is 0 Å². The van der Waals surface area contributed by atoms with Crippen LogP contribution in [-0.4, -0.2) is 15.2 Å². The first-order valence-corrected chi connectivity index (χ1v) is 6.68. The molecule has 0 aliphatic carbocycles. The molecule has 2 aromatic carbocycles. The summed E-state index contributed by atoms with van der Waals surface area (Å²) in [6, 6.07) is 17.0. The number of benzene rings is 2. The number of nitrogen functional groups attached to an aromatic ring is 1. The fourth-order valence-corrected chi connectivity index (χ4v) is 2.01. The van der Waals surface area contributed by atoms with Crippen LogP contribution < -0.4 is 11.1 Å². The third kappa shape index (κ3) is 3.09. The number of hydrogen-bond acceptors (Lipinski definition) is 5. The van der Waals surface area contributed by atoms with Crippen LogP contribution in [0.3, 0.4) is 0 Å². The molecule has 0 aliphatic rings. The van der Waals surface area contributed by atoms with Gasteiger partial charge in [0.25, 0.3) is 0 Å². The molecular weight excluding hydrogens is 286 g/mol. The van der Waals surface area contributed by atoms with E-state index in [9.17, 15) is 0 Å². The molecule has 0 atom stereocenters. The van der Waals surface area contributed by atoms with Gasteiger partial charge >= 0.3 is 0 Å². The second-order valence-corrected chi connectivity index (χ2v) is 4.80. The fraction of sp³-hybridized carbons (Fsp3) is 0. The molecule has 0 spiro atoms. The number of aromatic nitrogens is 3. The van der Waals surface area contributed by atoms with E-state index in [1.54, 1.807) is 12.1 Å². The van der Waals surface area contributed by atoms with E-state index in [2.05, 4.69) is 20.5 Å². The Morgan fingerprint density at radius 1 is 0.905 bits per heavy atom. The van der Waals surface area contributed by atoms with Crippen molar-refractivity contribution >= 4 is 29.1 Å². The topological polar surface area (TPSA) is 76.7 Å². The Bertz CT molecular complexity index is 744. The lowest BCUT2D eigenvalue weighted by atomic mass is 10.1. The van der Waals surface area contributed by atoms with Gasteiger partial charge in [0, 0.05) is 16.3 Å². The van der Waals surface area contributed by atoms with Gasteiger partial charge in [0.15, 0.2) is 5.82 Å². The quantitative estimate of drug-likeness (QED) is 0.773. The van der Waals surface area contributed by atoms with Crippen LogP contribution in [0.25, 0.3) is 11.3 Å². The highest BCUT2D eigenvalue weighted by molar-refractivity contribution is 6.30. The van der Waals surface area contributed by atoms with Gasteiger partial charge in [-0.2, -0.15) is 4.98 Å². The maximum absolute atomic E-state index is 5.88. The monoisotopic (exact) mass is 297 g/mol. The minimum Gasteiger partial charge on any atom is -0.366 e. The van der Waals surface area contributed by atoms with Crippen molar-refractivity contribution < 1.29 is 0 Å². The number of hydrogen-bond donors (Lipinski definition) is 2. The van der Waals surface area contributed by atoms with Gasteiger partial charge < -0.3 is 11.1 Å². The molecule has 0 saturated heterocycles. The van der Waals surface area contributed by atoms with E-state index in [0.29, 0.717) is 16.5 Å². The largest absolute Gasteiger partial charge is 0.366 e. The Labute approximate surface area is 126 Å². The molecular formula is C15H12ClN5. The number of anilines is 3. The third-order valence-corrected chi connectivity index (χ3v) is 3.11. The molecule has 0 fully saturated rings. The van der Waals surface area contributed by atoms with Gasteiger partial charge in [-0.3, -0.25) is 0 Å². The SMILES string of the molecule is Nc1nnc(-c2ccccc2)c(Nc2ccc(Cl)cc2)n1. The van der Waals surface area contributed by atoms with Gasteiger partial charge in [0.2, 0.25) is 5.95 Å². The van der Waals surface area contributed by atoms with E-state index >= 15 is 0 Å². The Balaban J connectivity index is 2.01. The normalized spacial score (nSPS) is 10.3. The Morgan fingerprint density at radius 3 is 2.33 bits per heavy atom. The number of halogens is 1. The molecule has 0 radical (unpaired) electrons. The summed E-state index contributed by atoms with van der Waals surface area (Å²) in [5.74, 6) is 0.669. The predicted octanol–water partition coefficient (Wildman–Crippen LogP) is 3.52. The highest BCUT2D eigenvalue weighted by Gasteiger charge is 2.10. The molecule has 3 rings (SSSR count). The van der Waals surface area contributed by atoms with Gasteiger partial charge in [-0.15, -0.1) is 10.2 Å². The molecule has 5 nitrogen and oxygen atoms in total. The maximum Gasteiger partial charge on any atom is 0.242 e. The Hall–Kier alpha value is -2.66. The molecule has 1 heterocycles. The summed E-state index contributed by atoms with van der Waals surface area (Å²) in [6.07, 6.45) is 0. The highest BCUT2D eigenvalue weighted by Crippen LogP contribution is 2.26. The van der Waals surface area contributed by atoms with E-state index < -0.39 is 0 Å². The summed E-state index contributed by atoms with van der Waals surface area (Å²) in [5, 5.41) is 11.8. The second kappa shape index (κ2) is 5.76. The van der Waals surface area contributed by atoms with E-state index in [1.807, 2.05) is 42.5 Å². The summed E-state index contributed by atoms with van der Waals surface area (Å²) in [4.78, 5) is 4.23. The fourth-order valence-electron chi connectivity index (χ4n) is 1.89. The molecule has 21 heavy (non-hydrogen) atoms. The standard InChI is InChI=1S/C15H12ClN5/c16-11-6-8-12(9-7-11)18-14-13(20-21-15(17)19-14)10-4-2-1-3-5-10/h1-9H,(H3,17,18,19,21). The van der Waals surface area contributed by atoms with Crippen LogP contribution in [0.1, 0.15) is 0 Å². The molecule has 0 unspecified atom stereocenters. The van der Waals surface area contributed by atoms with Gasteiger partial charge in [-0.25, -0.2) is 0 Å². The lowest BCUT2D eigenvalue weighted by Gasteiger charge is -2.10. The van der Waals surface area contributed by atoms with E-state index in [-0.39, 0.29) is 5.95 Å². The molecule has 0 bridgehead atoms. The smallest absolute Gasteiger partial charge is 0.242 e. The zero-order chi connectivity index (χ0) is 14.7. The zero-order valence-electron chi connectivity index (χ0n) is 11.0. The summed E-state index contributed by atoms with van der Waals surface area (Å²) in [5.41, 5.74) is 8.03. The molecule has 0 amide bonds. The van der Waals surface area contributed by atoms with Gasteiger partial charge in [-0.1, -0.05) is 41.9 Å². The number of rotatable bonds is 3. The average molecular weight is 298 g/mol. The molecule has 3 N–H and O–H groups in total. The van der Waals surface area contributed by atoms with Gasteiger partial charge in [0.1, 0.15) is 5.69 Å². The van der Waals surface area contributed by atoms with Crippen molar-refractivity contribution in [3.05, 3.63) is 59.6 Å². The highest BCUT2D eigenvalue weighted by atomic mass is 35.5. The van der Waals surface area contributed by atoms with E-state index in [0.717, 1.165) is 11.3 Å². The lowest BCUT2D eigenvalue weighted by Crippen LogP contribution is -2.04.